The van der Waals surface area contributed by atoms with Crippen molar-refractivity contribution in [3.8, 4) is 5.75 Å². The Morgan fingerprint density at radius 3 is 2.78 bits per heavy atom. The number of aryl methyl sites for hydroxylation is 1. The van der Waals surface area contributed by atoms with Gasteiger partial charge in [-0.3, -0.25) is 4.98 Å². The number of rotatable bonds is 3. The van der Waals surface area contributed by atoms with Gasteiger partial charge in [-0.25, -0.2) is 0 Å². The monoisotopic (exact) mass is 248 g/mol. The van der Waals surface area contributed by atoms with Gasteiger partial charge in [0.15, 0.2) is 0 Å². The molecule has 1 heterocycles. The van der Waals surface area contributed by atoms with E-state index >= 15 is 0 Å². The molecule has 3 nitrogen and oxygen atoms in total. The molecule has 1 aromatic rings. The summed E-state index contributed by atoms with van der Waals surface area (Å²) in [5.74, 6) is 1.93. The third kappa shape index (κ3) is 3.22. The van der Waals surface area contributed by atoms with Crippen molar-refractivity contribution in [1.82, 2.24) is 10.3 Å². The zero-order valence-corrected chi connectivity index (χ0v) is 11.6. The fraction of sp³-hybridized carbons (Fsp3) is 0.667. The molecule has 3 heteroatoms. The van der Waals surface area contributed by atoms with E-state index < -0.39 is 0 Å². The molecule has 0 spiro atoms. The molecule has 1 aromatic heterocycles. The van der Waals surface area contributed by atoms with Gasteiger partial charge < -0.3 is 10.4 Å². The van der Waals surface area contributed by atoms with Crippen LogP contribution in [0.3, 0.4) is 0 Å². The Hall–Kier alpha value is -1.09. The third-order valence-corrected chi connectivity index (χ3v) is 4.25. The number of pyridine rings is 1. The predicted molar refractivity (Wildman–Crippen MR) is 73.4 cm³/mol. The van der Waals surface area contributed by atoms with Crippen LogP contribution in [0, 0.1) is 18.8 Å². The Morgan fingerprint density at radius 2 is 2.06 bits per heavy atom. The highest BCUT2D eigenvalue weighted by Gasteiger charge is 2.24. The van der Waals surface area contributed by atoms with Crippen LogP contribution in [-0.2, 0) is 6.54 Å². The molecule has 0 aromatic carbocycles. The standard InChI is InChI=1S/C15H24N2O/c1-10-4-6-13(8-11(10)2)16-9-14-15(18)7-5-12(3)17-14/h5,7,10-11,13,16,18H,4,6,8-9H2,1-3H3. The van der Waals surface area contributed by atoms with Gasteiger partial charge in [-0.2, -0.15) is 0 Å². The van der Waals surface area contributed by atoms with Gasteiger partial charge in [-0.05, 0) is 50.2 Å². The van der Waals surface area contributed by atoms with E-state index in [-0.39, 0.29) is 0 Å². The number of hydrogen-bond acceptors (Lipinski definition) is 3. The first kappa shape index (κ1) is 13.3. The van der Waals surface area contributed by atoms with Gasteiger partial charge in [0.2, 0.25) is 0 Å². The number of nitrogens with zero attached hydrogens (tertiary/aromatic N) is 1. The Labute approximate surface area is 110 Å². The minimum atomic E-state index is 0.297. The van der Waals surface area contributed by atoms with Crippen molar-refractivity contribution in [3.63, 3.8) is 0 Å². The summed E-state index contributed by atoms with van der Waals surface area (Å²) in [6.07, 6.45) is 3.76. The minimum absolute atomic E-state index is 0.297. The maximum atomic E-state index is 9.76. The van der Waals surface area contributed by atoms with Crippen LogP contribution >= 0.6 is 0 Å². The maximum absolute atomic E-state index is 9.76. The van der Waals surface area contributed by atoms with Gasteiger partial charge in [-0.15, -0.1) is 0 Å². The molecule has 3 unspecified atom stereocenters. The van der Waals surface area contributed by atoms with E-state index in [2.05, 4.69) is 24.1 Å². The highest BCUT2D eigenvalue weighted by atomic mass is 16.3. The first-order chi connectivity index (χ1) is 8.56. The molecule has 3 atom stereocenters. The predicted octanol–water partition coefficient (Wildman–Crippen LogP) is 3.01. The zero-order chi connectivity index (χ0) is 13.1. The van der Waals surface area contributed by atoms with E-state index in [1.54, 1.807) is 6.07 Å². The van der Waals surface area contributed by atoms with Crippen molar-refractivity contribution in [2.45, 2.75) is 52.6 Å². The van der Waals surface area contributed by atoms with Crippen molar-refractivity contribution in [3.05, 3.63) is 23.5 Å². The molecule has 2 N–H and O–H groups in total. The molecule has 1 aliphatic carbocycles. The fourth-order valence-electron chi connectivity index (χ4n) is 2.71. The summed E-state index contributed by atoms with van der Waals surface area (Å²) < 4.78 is 0. The highest BCUT2D eigenvalue weighted by Crippen LogP contribution is 2.29. The molecular weight excluding hydrogens is 224 g/mol. The first-order valence-electron chi connectivity index (χ1n) is 6.95. The van der Waals surface area contributed by atoms with Crippen LogP contribution in [0.4, 0.5) is 0 Å². The van der Waals surface area contributed by atoms with E-state index in [0.29, 0.717) is 18.3 Å². The molecule has 0 bridgehead atoms. The van der Waals surface area contributed by atoms with Crippen molar-refractivity contribution in [1.29, 1.82) is 0 Å². The van der Waals surface area contributed by atoms with E-state index in [1.165, 1.54) is 19.3 Å². The minimum Gasteiger partial charge on any atom is -0.506 e. The summed E-state index contributed by atoms with van der Waals surface area (Å²) in [4.78, 5) is 4.38. The summed E-state index contributed by atoms with van der Waals surface area (Å²) in [7, 11) is 0. The number of hydrogen-bond donors (Lipinski definition) is 2. The summed E-state index contributed by atoms with van der Waals surface area (Å²) in [6.45, 7) is 7.29. The molecule has 0 amide bonds. The third-order valence-electron chi connectivity index (χ3n) is 4.25. The molecule has 18 heavy (non-hydrogen) atoms. The van der Waals surface area contributed by atoms with Gasteiger partial charge in [-0.1, -0.05) is 13.8 Å². The van der Waals surface area contributed by atoms with Crippen LogP contribution in [0.5, 0.6) is 5.75 Å². The van der Waals surface area contributed by atoms with Crippen LogP contribution in [-0.4, -0.2) is 16.1 Å². The normalized spacial score (nSPS) is 28.3. The summed E-state index contributed by atoms with van der Waals surface area (Å²) in [6, 6.07) is 4.13. The lowest BCUT2D eigenvalue weighted by Gasteiger charge is -2.32. The molecule has 100 valence electrons. The lowest BCUT2D eigenvalue weighted by molar-refractivity contribution is 0.225. The van der Waals surface area contributed by atoms with Crippen molar-refractivity contribution >= 4 is 0 Å². The van der Waals surface area contributed by atoms with Crippen LogP contribution in [0.2, 0.25) is 0 Å². The second-order valence-corrected chi connectivity index (χ2v) is 5.76. The van der Waals surface area contributed by atoms with Gasteiger partial charge in [0, 0.05) is 18.3 Å². The summed E-state index contributed by atoms with van der Waals surface area (Å²) in [5, 5.41) is 13.3. The number of aromatic nitrogens is 1. The van der Waals surface area contributed by atoms with E-state index in [1.807, 2.05) is 13.0 Å². The maximum Gasteiger partial charge on any atom is 0.138 e. The van der Waals surface area contributed by atoms with E-state index in [4.69, 9.17) is 0 Å². The number of aromatic hydroxyl groups is 1. The van der Waals surface area contributed by atoms with E-state index in [9.17, 15) is 5.11 Å². The molecule has 0 aliphatic heterocycles. The summed E-state index contributed by atoms with van der Waals surface area (Å²) >= 11 is 0. The molecule has 0 radical (unpaired) electrons. The largest absolute Gasteiger partial charge is 0.506 e. The Kier molecular flexibility index (Phi) is 4.23. The fourth-order valence-corrected chi connectivity index (χ4v) is 2.71. The van der Waals surface area contributed by atoms with Crippen LogP contribution in [0.15, 0.2) is 12.1 Å². The SMILES string of the molecule is Cc1ccc(O)c(CNC2CCC(C)C(C)C2)n1. The van der Waals surface area contributed by atoms with Gasteiger partial charge >= 0.3 is 0 Å². The average Bonchev–Trinajstić information content (AvgIpc) is 2.34. The lowest BCUT2D eigenvalue weighted by atomic mass is 9.79. The Bertz CT molecular complexity index is 405. The smallest absolute Gasteiger partial charge is 0.138 e. The highest BCUT2D eigenvalue weighted by molar-refractivity contribution is 5.27. The number of nitrogens with one attached hydrogen (secondary N) is 1. The quantitative estimate of drug-likeness (QED) is 0.864. The molecule has 1 saturated carbocycles. The zero-order valence-electron chi connectivity index (χ0n) is 11.6. The first-order valence-corrected chi connectivity index (χ1v) is 6.95. The van der Waals surface area contributed by atoms with Crippen molar-refractivity contribution in [2.24, 2.45) is 11.8 Å². The van der Waals surface area contributed by atoms with Crippen molar-refractivity contribution < 1.29 is 5.11 Å². The topological polar surface area (TPSA) is 45.1 Å². The summed E-state index contributed by atoms with van der Waals surface area (Å²) in [5.41, 5.74) is 1.72. The van der Waals surface area contributed by atoms with Crippen LogP contribution < -0.4 is 5.32 Å². The average molecular weight is 248 g/mol. The second kappa shape index (κ2) is 5.70. The molecule has 2 rings (SSSR count). The Balaban J connectivity index is 1.90. The molecule has 0 saturated heterocycles. The van der Waals surface area contributed by atoms with Crippen LogP contribution in [0.1, 0.15) is 44.5 Å². The molecule has 1 aliphatic rings. The van der Waals surface area contributed by atoms with Gasteiger partial charge in [0.25, 0.3) is 0 Å². The second-order valence-electron chi connectivity index (χ2n) is 5.76. The van der Waals surface area contributed by atoms with Gasteiger partial charge in [0.1, 0.15) is 5.75 Å². The Morgan fingerprint density at radius 1 is 1.28 bits per heavy atom. The van der Waals surface area contributed by atoms with Crippen molar-refractivity contribution in [2.75, 3.05) is 0 Å². The molecular formula is C15H24N2O. The molecule has 1 fully saturated rings. The van der Waals surface area contributed by atoms with Gasteiger partial charge in [0.05, 0.1) is 5.69 Å². The lowest BCUT2D eigenvalue weighted by Crippen LogP contribution is -2.36. The van der Waals surface area contributed by atoms with Crippen LogP contribution in [0.25, 0.3) is 0 Å². The van der Waals surface area contributed by atoms with E-state index in [0.717, 1.165) is 23.2 Å².